The Morgan fingerprint density at radius 2 is 2.05 bits per heavy atom. The summed E-state index contributed by atoms with van der Waals surface area (Å²) in [6.45, 7) is 2.20. The fraction of sp³-hybridized carbons (Fsp3) is 0.417. The molecule has 9 heteroatoms. The van der Waals surface area contributed by atoms with Crippen molar-refractivity contribution in [2.24, 2.45) is 0 Å². The number of nitrogens with one attached hydrogen (secondary N) is 1. The molecule has 1 amide bonds. The van der Waals surface area contributed by atoms with Crippen molar-refractivity contribution < 1.29 is 26.7 Å². The Bertz CT molecular complexity index is 680. The molecule has 5 nitrogen and oxygen atoms in total. The molecular formula is C12H12ClF2NO4S. The van der Waals surface area contributed by atoms with Crippen LogP contribution in [0.25, 0.3) is 0 Å². The number of hydrogen-bond donors (Lipinski definition) is 1. The Morgan fingerprint density at radius 3 is 2.57 bits per heavy atom. The van der Waals surface area contributed by atoms with Gasteiger partial charge in [-0.1, -0.05) is 0 Å². The number of amides is 1. The van der Waals surface area contributed by atoms with Gasteiger partial charge < -0.3 is 10.1 Å². The van der Waals surface area contributed by atoms with Crippen LogP contribution in [0.5, 0.6) is 0 Å². The Balaban J connectivity index is 2.33. The van der Waals surface area contributed by atoms with Gasteiger partial charge in [-0.2, -0.15) is 0 Å². The fourth-order valence-corrected chi connectivity index (χ4v) is 2.96. The number of ether oxygens (including phenoxy) is 1. The minimum absolute atomic E-state index is 0.242. The van der Waals surface area contributed by atoms with E-state index in [9.17, 15) is 22.0 Å². The average Bonchev–Trinajstić information content (AvgIpc) is 2.73. The summed E-state index contributed by atoms with van der Waals surface area (Å²) in [6, 6.07) is 0.583. The molecule has 2 unspecified atom stereocenters. The number of hydrogen-bond acceptors (Lipinski definition) is 4. The van der Waals surface area contributed by atoms with Crippen molar-refractivity contribution in [1.82, 2.24) is 5.32 Å². The third kappa shape index (κ3) is 3.50. The summed E-state index contributed by atoms with van der Waals surface area (Å²) in [5.74, 6) is -3.37. The van der Waals surface area contributed by atoms with Crippen LogP contribution in [0.2, 0.25) is 0 Å². The molecule has 21 heavy (non-hydrogen) atoms. The molecule has 0 bridgehead atoms. The van der Waals surface area contributed by atoms with Gasteiger partial charge in [0.05, 0.1) is 17.7 Å². The predicted molar refractivity (Wildman–Crippen MR) is 70.7 cm³/mol. The zero-order valence-corrected chi connectivity index (χ0v) is 12.5. The van der Waals surface area contributed by atoms with E-state index in [1.165, 1.54) is 0 Å². The van der Waals surface area contributed by atoms with Gasteiger partial charge in [0.15, 0.2) is 0 Å². The van der Waals surface area contributed by atoms with Gasteiger partial charge in [-0.25, -0.2) is 17.2 Å². The van der Waals surface area contributed by atoms with Crippen LogP contribution in [0, 0.1) is 11.6 Å². The van der Waals surface area contributed by atoms with Gasteiger partial charge in [0, 0.05) is 23.4 Å². The van der Waals surface area contributed by atoms with Crippen molar-refractivity contribution in [3.8, 4) is 0 Å². The molecule has 1 fully saturated rings. The number of halogens is 3. The number of rotatable bonds is 3. The van der Waals surface area contributed by atoms with Crippen LogP contribution in [0.1, 0.15) is 23.7 Å². The van der Waals surface area contributed by atoms with E-state index in [1.54, 1.807) is 6.92 Å². The maximum Gasteiger partial charge on any atom is 0.264 e. The highest BCUT2D eigenvalue weighted by molar-refractivity contribution is 8.13. The first-order chi connectivity index (χ1) is 9.70. The molecule has 0 aliphatic carbocycles. The first-order valence-corrected chi connectivity index (χ1v) is 8.37. The summed E-state index contributed by atoms with van der Waals surface area (Å²) >= 11 is 0. The van der Waals surface area contributed by atoms with Crippen molar-refractivity contribution in [2.45, 2.75) is 30.4 Å². The van der Waals surface area contributed by atoms with Crippen LogP contribution in [0.15, 0.2) is 17.0 Å². The lowest BCUT2D eigenvalue weighted by Crippen LogP contribution is -2.39. The Labute approximate surface area is 124 Å². The van der Waals surface area contributed by atoms with E-state index in [0.29, 0.717) is 25.2 Å². The van der Waals surface area contributed by atoms with Crippen molar-refractivity contribution in [3.63, 3.8) is 0 Å². The van der Waals surface area contributed by atoms with Gasteiger partial charge in [-0.3, -0.25) is 4.79 Å². The van der Waals surface area contributed by atoms with Crippen molar-refractivity contribution in [2.75, 3.05) is 6.61 Å². The normalized spacial score (nSPS) is 22.3. The van der Waals surface area contributed by atoms with Crippen LogP contribution >= 0.6 is 10.7 Å². The summed E-state index contributed by atoms with van der Waals surface area (Å²) in [6.07, 6.45) is 0.310. The second-order valence-corrected chi connectivity index (χ2v) is 7.18. The van der Waals surface area contributed by atoms with Crippen LogP contribution in [0.4, 0.5) is 8.78 Å². The number of carbonyl (C=O) groups excluding carboxylic acids is 1. The van der Waals surface area contributed by atoms with Crippen LogP contribution in [0.3, 0.4) is 0 Å². The van der Waals surface area contributed by atoms with E-state index in [2.05, 4.69) is 5.32 Å². The van der Waals surface area contributed by atoms with E-state index >= 15 is 0 Å². The Kier molecular flexibility index (Phi) is 4.50. The number of carbonyl (C=O) groups is 1. The highest BCUT2D eigenvalue weighted by Crippen LogP contribution is 2.23. The molecule has 1 aliphatic heterocycles. The number of benzene rings is 1. The van der Waals surface area contributed by atoms with E-state index in [0.717, 1.165) is 0 Å². The predicted octanol–water partition coefficient (Wildman–Crippen LogP) is 1.80. The molecule has 2 rings (SSSR count). The van der Waals surface area contributed by atoms with Gasteiger partial charge in [-0.15, -0.1) is 0 Å². The molecule has 0 radical (unpaired) electrons. The molecule has 1 saturated heterocycles. The minimum Gasteiger partial charge on any atom is -0.376 e. The van der Waals surface area contributed by atoms with Crippen LogP contribution in [-0.4, -0.2) is 33.1 Å². The zero-order chi connectivity index (χ0) is 15.8. The quantitative estimate of drug-likeness (QED) is 0.852. The maximum atomic E-state index is 13.7. The lowest BCUT2D eigenvalue weighted by Gasteiger charge is -2.16. The first-order valence-electron chi connectivity index (χ1n) is 6.06. The summed E-state index contributed by atoms with van der Waals surface area (Å²) in [4.78, 5) is 11.1. The van der Waals surface area contributed by atoms with Crippen molar-refractivity contribution in [1.29, 1.82) is 0 Å². The van der Waals surface area contributed by atoms with E-state index < -0.39 is 37.1 Å². The van der Waals surface area contributed by atoms with E-state index in [4.69, 9.17) is 15.4 Å². The minimum atomic E-state index is -4.42. The lowest BCUT2D eigenvalue weighted by atomic mass is 10.1. The molecule has 1 N–H and O–H groups in total. The monoisotopic (exact) mass is 339 g/mol. The first kappa shape index (κ1) is 16.1. The molecule has 116 valence electrons. The third-order valence-corrected chi connectivity index (χ3v) is 4.56. The molecule has 0 saturated carbocycles. The zero-order valence-electron chi connectivity index (χ0n) is 10.9. The summed E-state index contributed by atoms with van der Waals surface area (Å²) in [7, 11) is 0.626. The summed E-state index contributed by atoms with van der Waals surface area (Å²) < 4.78 is 54.7. The SMILES string of the molecule is CC1OCCC1NC(=O)c1cc(S(=O)(=O)Cl)c(F)cc1F. The summed E-state index contributed by atoms with van der Waals surface area (Å²) in [5, 5.41) is 2.52. The van der Waals surface area contributed by atoms with Gasteiger partial charge in [-0.05, 0) is 19.4 Å². The largest absolute Gasteiger partial charge is 0.376 e. The average molecular weight is 340 g/mol. The molecule has 1 heterocycles. The van der Waals surface area contributed by atoms with Gasteiger partial charge in [0.2, 0.25) is 0 Å². The second kappa shape index (κ2) is 5.86. The van der Waals surface area contributed by atoms with Gasteiger partial charge >= 0.3 is 0 Å². The highest BCUT2D eigenvalue weighted by Gasteiger charge is 2.28. The molecular weight excluding hydrogens is 328 g/mol. The standard InChI is InChI=1S/C12H12ClF2NO4S/c1-6-10(2-3-20-6)16-12(17)7-4-11(21(13,18)19)9(15)5-8(7)14/h4-6,10H,2-3H2,1H3,(H,16,17). The summed E-state index contributed by atoms with van der Waals surface area (Å²) in [5.41, 5.74) is -0.588. The van der Waals surface area contributed by atoms with E-state index in [1.807, 2.05) is 0 Å². The molecule has 2 atom stereocenters. The highest BCUT2D eigenvalue weighted by atomic mass is 35.7. The smallest absolute Gasteiger partial charge is 0.264 e. The molecule has 0 aromatic heterocycles. The van der Waals surface area contributed by atoms with Gasteiger partial charge in [0.1, 0.15) is 16.5 Å². The third-order valence-electron chi connectivity index (χ3n) is 3.22. The molecule has 1 aromatic rings. The topological polar surface area (TPSA) is 72.5 Å². The van der Waals surface area contributed by atoms with Crippen LogP contribution in [-0.2, 0) is 13.8 Å². The Hall–Kier alpha value is -1.25. The molecule has 1 aliphatic rings. The molecule has 1 aromatic carbocycles. The van der Waals surface area contributed by atoms with E-state index in [-0.39, 0.29) is 12.1 Å². The Morgan fingerprint density at radius 1 is 1.38 bits per heavy atom. The lowest BCUT2D eigenvalue weighted by molar-refractivity contribution is 0.0862. The second-order valence-electron chi connectivity index (χ2n) is 4.64. The van der Waals surface area contributed by atoms with Crippen LogP contribution < -0.4 is 5.32 Å². The van der Waals surface area contributed by atoms with Crippen molar-refractivity contribution in [3.05, 3.63) is 29.3 Å². The van der Waals surface area contributed by atoms with Gasteiger partial charge in [0.25, 0.3) is 15.0 Å². The van der Waals surface area contributed by atoms with Crippen molar-refractivity contribution >= 4 is 25.6 Å². The maximum absolute atomic E-state index is 13.7. The molecule has 0 spiro atoms. The fourth-order valence-electron chi connectivity index (χ4n) is 2.06.